The van der Waals surface area contributed by atoms with E-state index < -0.39 is 36.7 Å². The molecule has 2 N–H and O–H groups in total. The molecule has 0 amide bonds. The number of benzene rings is 2. The summed E-state index contributed by atoms with van der Waals surface area (Å²) in [6.45, 7) is 0. The fraction of sp³-hybridized carbons (Fsp3) is 0.250. The van der Waals surface area contributed by atoms with Crippen LogP contribution in [0.2, 0.25) is 0 Å². The first kappa shape index (κ1) is 19.6. The van der Waals surface area contributed by atoms with E-state index in [1.54, 1.807) is 0 Å². The molecule has 11 heteroatoms. The summed E-state index contributed by atoms with van der Waals surface area (Å²) >= 11 is 0. The number of anilines is 1. The maximum absolute atomic E-state index is 13.0. The third-order valence-corrected chi connectivity index (χ3v) is 6.77. The largest absolute Gasteiger partial charge is 0.417 e. The topological polar surface area (TPSA) is 92.3 Å². The quantitative estimate of drug-likeness (QED) is 0.752. The number of hydrogen-bond donors (Lipinski definition) is 2. The van der Waals surface area contributed by atoms with Gasteiger partial charge in [0.1, 0.15) is 0 Å². The minimum absolute atomic E-state index is 0.0580. The molecule has 0 atom stereocenters. The van der Waals surface area contributed by atoms with Crippen LogP contribution in [0, 0.1) is 0 Å². The van der Waals surface area contributed by atoms with Crippen molar-refractivity contribution in [1.82, 2.24) is 4.72 Å². The predicted molar refractivity (Wildman–Crippen MR) is 92.0 cm³/mol. The molecule has 0 spiro atoms. The van der Waals surface area contributed by atoms with Gasteiger partial charge in [0, 0.05) is 11.7 Å². The van der Waals surface area contributed by atoms with E-state index in [2.05, 4.69) is 4.72 Å². The molecule has 146 valence electrons. The van der Waals surface area contributed by atoms with Crippen molar-refractivity contribution in [2.75, 3.05) is 4.72 Å². The molecule has 0 aromatic heterocycles. The average molecular weight is 420 g/mol. The molecule has 0 saturated heterocycles. The van der Waals surface area contributed by atoms with Crippen molar-refractivity contribution in [3.05, 3.63) is 54.1 Å². The SMILES string of the molecule is O=S(=O)(NC1CC1)c1ccc(NS(=O)(=O)c2ccccc2C(F)(F)F)cc1. The Balaban J connectivity index is 1.85. The monoisotopic (exact) mass is 420 g/mol. The van der Waals surface area contributed by atoms with Gasteiger partial charge in [-0.25, -0.2) is 21.6 Å². The summed E-state index contributed by atoms with van der Waals surface area (Å²) in [5.74, 6) is 0. The smallest absolute Gasteiger partial charge is 0.280 e. The number of nitrogens with one attached hydrogen (secondary N) is 2. The summed E-state index contributed by atoms with van der Waals surface area (Å²) in [7, 11) is -8.23. The van der Waals surface area contributed by atoms with Gasteiger partial charge in [-0.15, -0.1) is 0 Å². The number of sulfonamides is 2. The van der Waals surface area contributed by atoms with Gasteiger partial charge in [0.25, 0.3) is 10.0 Å². The third-order valence-electron chi connectivity index (χ3n) is 3.80. The highest BCUT2D eigenvalue weighted by atomic mass is 32.2. The van der Waals surface area contributed by atoms with Gasteiger partial charge in [0.05, 0.1) is 15.4 Å². The number of alkyl halides is 3. The Bertz CT molecular complexity index is 1050. The van der Waals surface area contributed by atoms with Crippen LogP contribution in [-0.4, -0.2) is 22.9 Å². The molecule has 0 heterocycles. The lowest BCUT2D eigenvalue weighted by molar-refractivity contribution is -0.139. The standard InChI is InChI=1S/C16H15F3N2O4S2/c17-16(18,19)14-3-1-2-4-15(14)27(24,25)21-12-7-9-13(10-8-12)26(22,23)20-11-5-6-11/h1-4,7-11,20-21H,5-6H2. The molecule has 0 aliphatic heterocycles. The zero-order valence-corrected chi connectivity index (χ0v) is 15.3. The Labute approximate surface area is 154 Å². The minimum Gasteiger partial charge on any atom is -0.280 e. The summed E-state index contributed by atoms with van der Waals surface area (Å²) in [6, 6.07) is 8.42. The zero-order chi connectivity index (χ0) is 19.9. The second-order valence-corrected chi connectivity index (χ2v) is 9.38. The second-order valence-electron chi connectivity index (χ2n) is 6.02. The van der Waals surface area contributed by atoms with Gasteiger partial charge in [-0.3, -0.25) is 4.72 Å². The lowest BCUT2D eigenvalue weighted by atomic mass is 10.2. The molecule has 0 bridgehead atoms. The first-order chi connectivity index (χ1) is 12.5. The van der Waals surface area contributed by atoms with Crippen molar-refractivity contribution < 1.29 is 30.0 Å². The van der Waals surface area contributed by atoms with Crippen LogP contribution in [0.5, 0.6) is 0 Å². The highest BCUT2D eigenvalue weighted by Crippen LogP contribution is 2.34. The highest BCUT2D eigenvalue weighted by Gasteiger charge is 2.37. The van der Waals surface area contributed by atoms with Crippen LogP contribution in [-0.2, 0) is 26.2 Å². The molecule has 0 unspecified atom stereocenters. The molecule has 3 rings (SSSR count). The Hall–Kier alpha value is -2.11. The molecule has 1 saturated carbocycles. The number of rotatable bonds is 6. The van der Waals surface area contributed by atoms with E-state index >= 15 is 0 Å². The Morgan fingerprint density at radius 1 is 0.852 bits per heavy atom. The lowest BCUT2D eigenvalue weighted by Crippen LogP contribution is -2.25. The summed E-state index contributed by atoms with van der Waals surface area (Å²) < 4.78 is 92.5. The molecule has 27 heavy (non-hydrogen) atoms. The van der Waals surface area contributed by atoms with E-state index in [1.165, 1.54) is 30.3 Å². The van der Waals surface area contributed by atoms with Crippen LogP contribution in [0.1, 0.15) is 18.4 Å². The van der Waals surface area contributed by atoms with E-state index in [0.29, 0.717) is 6.07 Å². The first-order valence-corrected chi connectivity index (χ1v) is 10.8. The van der Waals surface area contributed by atoms with Crippen molar-refractivity contribution in [3.63, 3.8) is 0 Å². The molecule has 6 nitrogen and oxygen atoms in total. The molecule has 0 radical (unpaired) electrons. The van der Waals surface area contributed by atoms with E-state index in [9.17, 15) is 30.0 Å². The molecular formula is C16H15F3N2O4S2. The van der Waals surface area contributed by atoms with Gasteiger partial charge < -0.3 is 0 Å². The van der Waals surface area contributed by atoms with Crippen LogP contribution in [0.4, 0.5) is 18.9 Å². The number of hydrogen-bond acceptors (Lipinski definition) is 4. The van der Waals surface area contributed by atoms with Crippen LogP contribution < -0.4 is 9.44 Å². The summed E-state index contributed by atoms with van der Waals surface area (Å²) in [5.41, 5.74) is -1.34. The van der Waals surface area contributed by atoms with Crippen molar-refractivity contribution in [1.29, 1.82) is 0 Å². The van der Waals surface area contributed by atoms with Crippen LogP contribution in [0.15, 0.2) is 58.3 Å². The van der Waals surface area contributed by atoms with E-state index in [1.807, 2.05) is 4.72 Å². The lowest BCUT2D eigenvalue weighted by Gasteiger charge is -2.14. The minimum atomic E-state index is -4.84. The van der Waals surface area contributed by atoms with Gasteiger partial charge in [-0.1, -0.05) is 12.1 Å². The first-order valence-electron chi connectivity index (χ1n) is 7.80. The van der Waals surface area contributed by atoms with Crippen molar-refractivity contribution in [3.8, 4) is 0 Å². The van der Waals surface area contributed by atoms with Gasteiger partial charge in [0.2, 0.25) is 10.0 Å². The summed E-state index contributed by atoms with van der Waals surface area (Å²) in [6.07, 6.45) is -3.32. The molecule has 1 aliphatic carbocycles. The number of halogens is 3. The van der Waals surface area contributed by atoms with E-state index in [0.717, 1.165) is 25.0 Å². The van der Waals surface area contributed by atoms with E-state index in [4.69, 9.17) is 0 Å². The highest BCUT2D eigenvalue weighted by molar-refractivity contribution is 7.92. The van der Waals surface area contributed by atoms with Crippen molar-refractivity contribution in [2.45, 2.75) is 34.9 Å². The fourth-order valence-corrected chi connectivity index (χ4v) is 4.93. The molecule has 1 fully saturated rings. The van der Waals surface area contributed by atoms with Gasteiger partial charge in [-0.2, -0.15) is 13.2 Å². The average Bonchev–Trinajstić information content (AvgIpc) is 3.37. The van der Waals surface area contributed by atoms with E-state index in [-0.39, 0.29) is 16.6 Å². The molecule has 2 aromatic carbocycles. The normalized spacial score (nSPS) is 15.5. The molecule has 2 aromatic rings. The maximum Gasteiger partial charge on any atom is 0.417 e. The van der Waals surface area contributed by atoms with Crippen LogP contribution >= 0.6 is 0 Å². The Kier molecular flexibility index (Phi) is 4.95. The second kappa shape index (κ2) is 6.80. The Morgan fingerprint density at radius 2 is 1.44 bits per heavy atom. The fourth-order valence-electron chi connectivity index (χ4n) is 2.34. The predicted octanol–water partition coefficient (Wildman–Crippen LogP) is 2.95. The third kappa shape index (κ3) is 4.60. The zero-order valence-electron chi connectivity index (χ0n) is 13.7. The van der Waals surface area contributed by atoms with Crippen LogP contribution in [0.25, 0.3) is 0 Å². The Morgan fingerprint density at radius 3 is 2.00 bits per heavy atom. The van der Waals surface area contributed by atoms with Crippen LogP contribution in [0.3, 0.4) is 0 Å². The van der Waals surface area contributed by atoms with Gasteiger partial charge in [0.15, 0.2) is 0 Å². The molecular weight excluding hydrogens is 405 g/mol. The van der Waals surface area contributed by atoms with Crippen molar-refractivity contribution >= 4 is 25.7 Å². The van der Waals surface area contributed by atoms with Crippen molar-refractivity contribution in [2.24, 2.45) is 0 Å². The van der Waals surface area contributed by atoms with Gasteiger partial charge in [-0.05, 0) is 49.2 Å². The summed E-state index contributed by atoms with van der Waals surface area (Å²) in [4.78, 5) is -0.974. The maximum atomic E-state index is 13.0. The molecule has 1 aliphatic rings. The summed E-state index contributed by atoms with van der Waals surface area (Å²) in [5, 5.41) is 0. The van der Waals surface area contributed by atoms with Gasteiger partial charge >= 0.3 is 6.18 Å².